The molecule has 23 heavy (non-hydrogen) atoms. The van der Waals surface area contributed by atoms with E-state index in [2.05, 4.69) is 33.5 Å². The zero-order chi connectivity index (χ0) is 16.1. The predicted molar refractivity (Wildman–Crippen MR) is 88.0 cm³/mol. The monoisotopic (exact) mass is 315 g/mol. The molecule has 1 N–H and O–H groups in total. The third-order valence-electron chi connectivity index (χ3n) is 4.45. The molecule has 2 aromatic rings. The summed E-state index contributed by atoms with van der Waals surface area (Å²) < 4.78 is 7.88. The van der Waals surface area contributed by atoms with Crippen LogP contribution in [-0.2, 0) is 17.7 Å². The summed E-state index contributed by atoms with van der Waals surface area (Å²) in [6, 6.07) is 0. The van der Waals surface area contributed by atoms with Crippen molar-refractivity contribution in [1.82, 2.24) is 25.1 Å². The van der Waals surface area contributed by atoms with E-state index in [1.54, 1.807) is 12.4 Å². The maximum Gasteiger partial charge on any atom is 0.0896 e. The van der Waals surface area contributed by atoms with E-state index in [1.165, 1.54) is 5.56 Å². The molecule has 1 aliphatic rings. The minimum atomic E-state index is 0.168. The van der Waals surface area contributed by atoms with Crippen LogP contribution in [-0.4, -0.2) is 39.4 Å². The Morgan fingerprint density at radius 2 is 2.22 bits per heavy atom. The van der Waals surface area contributed by atoms with Gasteiger partial charge in [-0.2, -0.15) is 5.10 Å². The molecule has 0 aromatic carbocycles. The molecule has 3 heterocycles. The van der Waals surface area contributed by atoms with E-state index in [1.807, 2.05) is 17.8 Å². The lowest BCUT2D eigenvalue weighted by molar-refractivity contribution is 0.0905. The van der Waals surface area contributed by atoms with Gasteiger partial charge in [0.05, 0.1) is 23.7 Å². The summed E-state index contributed by atoms with van der Waals surface area (Å²) in [5, 5.41) is 7.91. The van der Waals surface area contributed by atoms with E-state index in [4.69, 9.17) is 4.74 Å². The molecule has 0 spiro atoms. The van der Waals surface area contributed by atoms with E-state index in [9.17, 15) is 0 Å². The maximum atomic E-state index is 5.93. The van der Waals surface area contributed by atoms with Gasteiger partial charge in [-0.3, -0.25) is 14.6 Å². The molecule has 0 bridgehead atoms. The lowest BCUT2D eigenvalue weighted by Gasteiger charge is -2.17. The van der Waals surface area contributed by atoms with Crippen LogP contribution >= 0.6 is 0 Å². The Labute approximate surface area is 137 Å². The molecule has 2 atom stereocenters. The number of nitrogens with one attached hydrogen (secondary N) is 1. The Morgan fingerprint density at radius 1 is 1.35 bits per heavy atom. The van der Waals surface area contributed by atoms with Gasteiger partial charge in [-0.1, -0.05) is 0 Å². The maximum absolute atomic E-state index is 5.93. The highest BCUT2D eigenvalue weighted by Gasteiger charge is 2.30. The number of hydrogen-bond acceptors (Lipinski definition) is 5. The molecular formula is C17H25N5O. The van der Waals surface area contributed by atoms with E-state index < -0.39 is 0 Å². The average Bonchev–Trinajstić information content (AvgIpc) is 3.21. The second-order valence-corrected chi connectivity index (χ2v) is 6.01. The first-order valence-corrected chi connectivity index (χ1v) is 8.39. The van der Waals surface area contributed by atoms with Crippen molar-refractivity contribution in [3.8, 4) is 0 Å². The fourth-order valence-electron chi connectivity index (χ4n) is 3.09. The summed E-state index contributed by atoms with van der Waals surface area (Å²) in [6.07, 6.45) is 9.71. The lowest BCUT2D eigenvalue weighted by atomic mass is 9.97. The molecule has 1 aliphatic heterocycles. The van der Waals surface area contributed by atoms with Crippen molar-refractivity contribution in [2.45, 2.75) is 39.3 Å². The van der Waals surface area contributed by atoms with Gasteiger partial charge in [-0.05, 0) is 20.3 Å². The minimum absolute atomic E-state index is 0.168. The van der Waals surface area contributed by atoms with Crippen LogP contribution in [0.1, 0.15) is 36.4 Å². The molecule has 124 valence electrons. The minimum Gasteiger partial charge on any atom is -0.373 e. The molecule has 0 unspecified atom stereocenters. The Morgan fingerprint density at radius 3 is 3.00 bits per heavy atom. The number of ether oxygens (including phenoxy) is 1. The zero-order valence-electron chi connectivity index (χ0n) is 13.9. The fraction of sp³-hybridized carbons (Fsp3) is 0.588. The van der Waals surface area contributed by atoms with Crippen LogP contribution in [0.4, 0.5) is 0 Å². The van der Waals surface area contributed by atoms with E-state index in [-0.39, 0.29) is 6.10 Å². The van der Waals surface area contributed by atoms with Crippen LogP contribution < -0.4 is 5.32 Å². The molecule has 0 aliphatic carbocycles. The summed E-state index contributed by atoms with van der Waals surface area (Å²) in [4.78, 5) is 8.66. The van der Waals surface area contributed by atoms with Gasteiger partial charge in [0.15, 0.2) is 0 Å². The van der Waals surface area contributed by atoms with Crippen molar-refractivity contribution >= 4 is 0 Å². The third kappa shape index (κ3) is 3.95. The summed E-state index contributed by atoms with van der Waals surface area (Å²) in [7, 11) is 0. The molecule has 0 radical (unpaired) electrons. The van der Waals surface area contributed by atoms with Crippen LogP contribution in [0, 0.1) is 12.8 Å². The van der Waals surface area contributed by atoms with Gasteiger partial charge in [0.1, 0.15) is 0 Å². The molecule has 1 fully saturated rings. The molecule has 6 heteroatoms. The number of nitrogens with zero attached hydrogens (tertiary/aromatic N) is 4. The van der Waals surface area contributed by atoms with Gasteiger partial charge in [-0.15, -0.1) is 0 Å². The average molecular weight is 315 g/mol. The molecule has 1 saturated heterocycles. The standard InChI is InChI=1S/C17H25N5O/c1-3-22-12-15(11-21-22)17-14(5-9-23-17)10-18-6-4-16-13(2)19-7-8-20-16/h7-8,11-12,14,17-18H,3-6,9-10H2,1-2H3/t14-,17+/m1/s1. The third-order valence-corrected chi connectivity index (χ3v) is 4.45. The Hall–Kier alpha value is -1.79. The smallest absolute Gasteiger partial charge is 0.0896 e. The van der Waals surface area contributed by atoms with Gasteiger partial charge in [-0.25, -0.2) is 0 Å². The number of rotatable bonds is 7. The summed E-state index contributed by atoms with van der Waals surface area (Å²) >= 11 is 0. The first-order valence-electron chi connectivity index (χ1n) is 8.39. The Kier molecular flexibility index (Phi) is 5.35. The van der Waals surface area contributed by atoms with Crippen molar-refractivity contribution in [3.63, 3.8) is 0 Å². The van der Waals surface area contributed by atoms with E-state index >= 15 is 0 Å². The van der Waals surface area contributed by atoms with E-state index in [0.717, 1.165) is 50.5 Å². The number of aryl methyl sites for hydroxylation is 2. The topological polar surface area (TPSA) is 64.9 Å². The first kappa shape index (κ1) is 16.1. The molecule has 3 rings (SSSR count). The Balaban J connectivity index is 1.48. The normalized spacial score (nSPS) is 21.0. The quantitative estimate of drug-likeness (QED) is 0.791. The molecule has 2 aromatic heterocycles. The zero-order valence-corrected chi connectivity index (χ0v) is 13.9. The second kappa shape index (κ2) is 7.66. The van der Waals surface area contributed by atoms with E-state index in [0.29, 0.717) is 5.92 Å². The van der Waals surface area contributed by atoms with Crippen LogP contribution in [0.15, 0.2) is 24.8 Å². The summed E-state index contributed by atoms with van der Waals surface area (Å²) in [5.74, 6) is 0.507. The summed E-state index contributed by atoms with van der Waals surface area (Å²) in [5.41, 5.74) is 3.28. The number of hydrogen-bond donors (Lipinski definition) is 1. The highest BCUT2D eigenvalue weighted by molar-refractivity contribution is 5.11. The van der Waals surface area contributed by atoms with Crippen LogP contribution in [0.25, 0.3) is 0 Å². The fourth-order valence-corrected chi connectivity index (χ4v) is 3.09. The lowest BCUT2D eigenvalue weighted by Crippen LogP contribution is -2.27. The van der Waals surface area contributed by atoms with Crippen molar-refractivity contribution in [3.05, 3.63) is 41.7 Å². The summed E-state index contributed by atoms with van der Waals surface area (Å²) in [6.45, 7) is 7.71. The molecular weight excluding hydrogens is 290 g/mol. The van der Waals surface area contributed by atoms with Gasteiger partial charge >= 0.3 is 0 Å². The SMILES string of the molecule is CCn1cc([C@H]2OCC[C@@H]2CNCCc2nccnc2C)cn1. The van der Waals surface area contributed by atoms with Crippen molar-refractivity contribution in [1.29, 1.82) is 0 Å². The van der Waals surface area contributed by atoms with Crippen molar-refractivity contribution in [2.24, 2.45) is 5.92 Å². The second-order valence-electron chi connectivity index (χ2n) is 6.01. The van der Waals surface area contributed by atoms with Crippen LogP contribution in [0.2, 0.25) is 0 Å². The molecule has 0 saturated carbocycles. The predicted octanol–water partition coefficient (Wildman–Crippen LogP) is 1.91. The Bertz CT molecular complexity index is 627. The number of aromatic nitrogens is 4. The highest BCUT2D eigenvalue weighted by Crippen LogP contribution is 2.33. The van der Waals surface area contributed by atoms with Gasteiger partial charge < -0.3 is 10.1 Å². The van der Waals surface area contributed by atoms with Crippen LogP contribution in [0.5, 0.6) is 0 Å². The van der Waals surface area contributed by atoms with Gasteiger partial charge in [0, 0.05) is 62.7 Å². The highest BCUT2D eigenvalue weighted by atomic mass is 16.5. The van der Waals surface area contributed by atoms with Crippen molar-refractivity contribution in [2.75, 3.05) is 19.7 Å². The van der Waals surface area contributed by atoms with Gasteiger partial charge in [0.2, 0.25) is 0 Å². The van der Waals surface area contributed by atoms with Crippen molar-refractivity contribution < 1.29 is 4.74 Å². The van der Waals surface area contributed by atoms with Gasteiger partial charge in [0.25, 0.3) is 0 Å². The largest absolute Gasteiger partial charge is 0.373 e. The first-order chi connectivity index (χ1) is 11.3. The van der Waals surface area contributed by atoms with Crippen LogP contribution in [0.3, 0.4) is 0 Å². The molecule has 0 amide bonds. The molecule has 6 nitrogen and oxygen atoms in total.